The van der Waals surface area contributed by atoms with Crippen molar-refractivity contribution in [2.24, 2.45) is 0 Å². The first-order valence-corrected chi connectivity index (χ1v) is 37.1. The topological polar surface area (TPSA) is 108 Å². The predicted molar refractivity (Wildman–Crippen MR) is 382 cm³/mol. The summed E-state index contributed by atoms with van der Waals surface area (Å²) in [5.41, 5.74) is 0. The standard InChI is InChI=1S/C80H139NO8/c1-6-8-10-12-14-16-18-20-22-24-26-28-30-32-34-35-36-37-38-39-40-41-42-43-45-46-48-50-52-54-56-58-60-62-64-66-68-70-77(82)87-74-76(75-88-80(79(84)85)86-73-72-81(3,4)5)89-78(83)71-69-67-65-63-61-59-57-55-53-51-49-47-44-33-31-29-27-25-23-21-19-17-15-13-11-9-7-2/h9,11,15,17-18,20-21,23-24,26-27,29-30,32-33,44,49,51,76,80H,6-8,10,12-14,16,19,22,25,28,31,34-43,45-48,50,52-75H2,1-5H3/p+1/b11-9-,17-15-,20-18-,23-21-,26-24-,29-27-,32-30-,44-33-,51-49-. The van der Waals surface area contributed by atoms with Crippen LogP contribution in [0.15, 0.2) is 109 Å². The molecule has 512 valence electrons. The predicted octanol–water partition coefficient (Wildman–Crippen LogP) is 23.4. The quantitative estimate of drug-likeness (QED) is 0.0211. The molecule has 2 unspecified atom stereocenters. The van der Waals surface area contributed by atoms with E-state index in [0.29, 0.717) is 23.9 Å². The number of rotatable bonds is 68. The third-order valence-corrected chi connectivity index (χ3v) is 16.0. The zero-order valence-corrected chi connectivity index (χ0v) is 58.6. The van der Waals surface area contributed by atoms with E-state index >= 15 is 0 Å². The van der Waals surface area contributed by atoms with Gasteiger partial charge in [0.05, 0.1) is 34.4 Å². The SMILES string of the molecule is CC/C=C\C/C=C\C/C=C\C/C=C\C/C=C\C/C=C\CCCCCCCCCCC(=O)OC(COC(=O)CCCCCCCCCCCCCCCCCCCCCCCC/C=C\C/C=C\C/C=C\CCCCCCC)COC(OCC[N+](C)(C)C)C(=O)O. The summed E-state index contributed by atoms with van der Waals surface area (Å²) < 4.78 is 23.0. The molecule has 1 N–H and O–H groups in total. The second-order valence-corrected chi connectivity index (χ2v) is 25.9. The lowest BCUT2D eigenvalue weighted by Crippen LogP contribution is -2.40. The lowest BCUT2D eigenvalue weighted by atomic mass is 10.0. The molecule has 0 radical (unpaired) electrons. The van der Waals surface area contributed by atoms with E-state index in [1.165, 1.54) is 193 Å². The van der Waals surface area contributed by atoms with Crippen LogP contribution in [0.5, 0.6) is 0 Å². The fourth-order valence-corrected chi connectivity index (χ4v) is 10.4. The van der Waals surface area contributed by atoms with E-state index in [1.54, 1.807) is 0 Å². The molecule has 0 aliphatic rings. The fraction of sp³-hybridized carbons (Fsp3) is 0.738. The van der Waals surface area contributed by atoms with Gasteiger partial charge < -0.3 is 28.5 Å². The van der Waals surface area contributed by atoms with Crippen LogP contribution in [0.25, 0.3) is 0 Å². The fourth-order valence-electron chi connectivity index (χ4n) is 10.4. The number of carbonyl (C=O) groups is 3. The van der Waals surface area contributed by atoms with Crippen molar-refractivity contribution in [1.82, 2.24) is 0 Å². The zero-order valence-electron chi connectivity index (χ0n) is 58.6. The molecule has 0 aliphatic heterocycles. The van der Waals surface area contributed by atoms with Crippen molar-refractivity contribution in [2.45, 2.75) is 334 Å². The molecule has 0 amide bonds. The van der Waals surface area contributed by atoms with Gasteiger partial charge in [-0.25, -0.2) is 4.79 Å². The Balaban J connectivity index is 4.06. The van der Waals surface area contributed by atoms with Crippen molar-refractivity contribution in [3.05, 3.63) is 109 Å². The van der Waals surface area contributed by atoms with E-state index in [2.05, 4.69) is 123 Å². The number of likely N-dealkylation sites (N-methyl/N-ethyl adjacent to an activating group) is 1. The average Bonchev–Trinajstić information content (AvgIpc) is 3.64. The maximum Gasteiger partial charge on any atom is 0.361 e. The summed E-state index contributed by atoms with van der Waals surface area (Å²) in [6, 6.07) is 0. The highest BCUT2D eigenvalue weighted by atomic mass is 16.7. The van der Waals surface area contributed by atoms with Crippen LogP contribution >= 0.6 is 0 Å². The van der Waals surface area contributed by atoms with Crippen LogP contribution in [0.4, 0.5) is 0 Å². The molecule has 0 bridgehead atoms. The van der Waals surface area contributed by atoms with Gasteiger partial charge >= 0.3 is 17.9 Å². The number of hydrogen-bond acceptors (Lipinski definition) is 7. The van der Waals surface area contributed by atoms with E-state index in [1.807, 2.05) is 21.1 Å². The Morgan fingerprint density at radius 3 is 0.955 bits per heavy atom. The Hall–Kier alpha value is -4.05. The van der Waals surface area contributed by atoms with Crippen LogP contribution in [0.3, 0.4) is 0 Å². The van der Waals surface area contributed by atoms with Crippen molar-refractivity contribution in [2.75, 3.05) is 47.5 Å². The van der Waals surface area contributed by atoms with Gasteiger partial charge in [0.1, 0.15) is 13.2 Å². The molecule has 0 aromatic heterocycles. The molecule has 2 atom stereocenters. The van der Waals surface area contributed by atoms with E-state index in [0.717, 1.165) is 96.3 Å². The third-order valence-electron chi connectivity index (χ3n) is 16.0. The molecule has 0 heterocycles. The van der Waals surface area contributed by atoms with Crippen molar-refractivity contribution in [1.29, 1.82) is 0 Å². The number of aliphatic carboxylic acids is 1. The highest BCUT2D eigenvalue weighted by Gasteiger charge is 2.25. The Bertz CT molecular complexity index is 1830. The monoisotopic (exact) mass is 1240 g/mol. The van der Waals surface area contributed by atoms with Gasteiger partial charge in [-0.3, -0.25) is 9.59 Å². The number of unbranched alkanes of at least 4 members (excludes halogenated alkanes) is 35. The summed E-state index contributed by atoms with van der Waals surface area (Å²) in [4.78, 5) is 37.7. The van der Waals surface area contributed by atoms with Crippen LogP contribution in [-0.4, -0.2) is 87.4 Å². The molecule has 0 rings (SSSR count). The van der Waals surface area contributed by atoms with Crippen LogP contribution < -0.4 is 0 Å². The van der Waals surface area contributed by atoms with Crippen molar-refractivity contribution < 1.29 is 42.9 Å². The Morgan fingerprint density at radius 1 is 0.348 bits per heavy atom. The van der Waals surface area contributed by atoms with Gasteiger partial charge in [-0.15, -0.1) is 0 Å². The smallest absolute Gasteiger partial charge is 0.361 e. The van der Waals surface area contributed by atoms with Crippen molar-refractivity contribution in [3.63, 3.8) is 0 Å². The molecule has 0 aromatic carbocycles. The van der Waals surface area contributed by atoms with Gasteiger partial charge in [-0.05, 0) is 103 Å². The number of ether oxygens (including phenoxy) is 4. The number of allylic oxidation sites excluding steroid dienone is 18. The van der Waals surface area contributed by atoms with E-state index < -0.39 is 24.3 Å². The number of carboxylic acids is 1. The normalized spacial score (nSPS) is 13.3. The molecule has 0 spiro atoms. The number of quaternary nitrogens is 1. The molecular formula is C80H140NO8+. The summed E-state index contributed by atoms with van der Waals surface area (Å²) in [6.07, 6.45) is 95.0. The summed E-state index contributed by atoms with van der Waals surface area (Å²) in [5.74, 6) is -2.01. The minimum Gasteiger partial charge on any atom is -0.477 e. The van der Waals surface area contributed by atoms with Gasteiger partial charge in [-0.1, -0.05) is 316 Å². The van der Waals surface area contributed by atoms with Gasteiger partial charge in [0.2, 0.25) is 0 Å². The number of nitrogens with zero attached hydrogens (tertiary/aromatic N) is 1. The Labute approximate surface area is 549 Å². The molecule has 0 saturated heterocycles. The largest absolute Gasteiger partial charge is 0.477 e. The van der Waals surface area contributed by atoms with Crippen LogP contribution in [0.2, 0.25) is 0 Å². The molecule has 0 saturated carbocycles. The summed E-state index contributed by atoms with van der Waals surface area (Å²) in [6.45, 7) is 4.77. The van der Waals surface area contributed by atoms with E-state index in [-0.39, 0.29) is 32.2 Å². The van der Waals surface area contributed by atoms with Crippen LogP contribution in [0.1, 0.15) is 322 Å². The molecule has 0 fully saturated rings. The number of carboxylic acid groups (broad SMARTS) is 1. The lowest BCUT2D eigenvalue weighted by molar-refractivity contribution is -0.870. The van der Waals surface area contributed by atoms with Crippen LogP contribution in [-0.2, 0) is 33.3 Å². The van der Waals surface area contributed by atoms with Gasteiger partial charge in [0, 0.05) is 12.8 Å². The summed E-state index contributed by atoms with van der Waals surface area (Å²) in [7, 11) is 5.98. The maximum absolute atomic E-state index is 12.9. The minimum absolute atomic E-state index is 0.182. The number of hydrogen-bond donors (Lipinski definition) is 1. The van der Waals surface area contributed by atoms with Crippen molar-refractivity contribution >= 4 is 17.9 Å². The Kier molecular flexibility index (Phi) is 66.7. The first-order valence-electron chi connectivity index (χ1n) is 37.1. The first kappa shape index (κ1) is 85.0. The summed E-state index contributed by atoms with van der Waals surface area (Å²) in [5, 5.41) is 9.76. The van der Waals surface area contributed by atoms with E-state index in [9.17, 15) is 19.5 Å². The molecule has 9 heteroatoms. The van der Waals surface area contributed by atoms with Crippen molar-refractivity contribution in [3.8, 4) is 0 Å². The molecular weight excluding hydrogens is 1100 g/mol. The second kappa shape index (κ2) is 69.8. The molecule has 0 aliphatic carbocycles. The highest BCUT2D eigenvalue weighted by Crippen LogP contribution is 2.18. The summed E-state index contributed by atoms with van der Waals surface area (Å²) >= 11 is 0. The highest BCUT2D eigenvalue weighted by molar-refractivity contribution is 5.71. The molecule has 89 heavy (non-hydrogen) atoms. The van der Waals surface area contributed by atoms with Gasteiger partial charge in [-0.2, -0.15) is 0 Å². The third kappa shape index (κ3) is 71.3. The zero-order chi connectivity index (χ0) is 64.7. The molecule has 0 aromatic rings. The second-order valence-electron chi connectivity index (χ2n) is 25.9. The average molecular weight is 1240 g/mol. The molecule has 9 nitrogen and oxygen atoms in total. The van der Waals surface area contributed by atoms with Gasteiger partial charge in [0.15, 0.2) is 6.10 Å². The lowest BCUT2D eigenvalue weighted by Gasteiger charge is -2.25. The minimum atomic E-state index is -1.52. The number of esters is 2. The number of carbonyl (C=O) groups excluding carboxylic acids is 2. The van der Waals surface area contributed by atoms with Gasteiger partial charge in [0.25, 0.3) is 6.29 Å². The van der Waals surface area contributed by atoms with Crippen LogP contribution in [0, 0.1) is 0 Å². The maximum atomic E-state index is 12.9. The van der Waals surface area contributed by atoms with E-state index in [4.69, 9.17) is 18.9 Å². The Morgan fingerprint density at radius 2 is 0.640 bits per heavy atom. The first-order chi connectivity index (χ1) is 43.6.